The fraction of sp³-hybridized carbons (Fsp3) is 0.923. The Labute approximate surface area is 105 Å². The van der Waals surface area contributed by atoms with E-state index in [1.165, 1.54) is 19.3 Å². The standard InChI is InChI=1S/C13H26N2O2/c1-3-5-12(4-2)15-10-8-14(9-11-15)7-6-13(16)17/h12H,3-11H2,1-2H3,(H,16,17). The van der Waals surface area contributed by atoms with Gasteiger partial charge in [-0.05, 0) is 12.8 Å². The van der Waals surface area contributed by atoms with Crippen molar-refractivity contribution in [3.05, 3.63) is 0 Å². The number of piperazine rings is 1. The summed E-state index contributed by atoms with van der Waals surface area (Å²) in [6, 6.07) is 0.724. The number of carbonyl (C=O) groups is 1. The first-order valence-electron chi connectivity index (χ1n) is 6.85. The summed E-state index contributed by atoms with van der Waals surface area (Å²) in [5.74, 6) is -0.690. The Morgan fingerprint density at radius 2 is 1.88 bits per heavy atom. The van der Waals surface area contributed by atoms with Gasteiger partial charge in [-0.2, -0.15) is 0 Å². The van der Waals surface area contributed by atoms with Crippen molar-refractivity contribution in [2.45, 2.75) is 45.6 Å². The summed E-state index contributed by atoms with van der Waals surface area (Å²) in [6.45, 7) is 9.44. The van der Waals surface area contributed by atoms with E-state index in [0.29, 0.717) is 6.54 Å². The van der Waals surface area contributed by atoms with Crippen LogP contribution >= 0.6 is 0 Å². The van der Waals surface area contributed by atoms with E-state index < -0.39 is 5.97 Å². The fourth-order valence-electron chi connectivity index (χ4n) is 2.58. The van der Waals surface area contributed by atoms with E-state index in [1.807, 2.05) is 0 Å². The molecule has 0 aromatic heterocycles. The highest BCUT2D eigenvalue weighted by Gasteiger charge is 2.22. The van der Waals surface area contributed by atoms with Crippen LogP contribution in [0, 0.1) is 0 Å². The molecular formula is C13H26N2O2. The molecule has 1 fully saturated rings. The number of carboxylic acid groups (broad SMARTS) is 1. The molecule has 0 saturated carbocycles. The Morgan fingerprint density at radius 1 is 1.24 bits per heavy atom. The van der Waals surface area contributed by atoms with Gasteiger partial charge in [0.05, 0.1) is 6.42 Å². The molecule has 0 bridgehead atoms. The lowest BCUT2D eigenvalue weighted by Gasteiger charge is -2.39. The maximum Gasteiger partial charge on any atom is 0.304 e. The number of hydrogen-bond acceptors (Lipinski definition) is 3. The van der Waals surface area contributed by atoms with Crippen LogP contribution in [0.4, 0.5) is 0 Å². The summed E-state index contributed by atoms with van der Waals surface area (Å²) >= 11 is 0. The van der Waals surface area contributed by atoms with Gasteiger partial charge in [0, 0.05) is 38.8 Å². The molecule has 1 atom stereocenters. The van der Waals surface area contributed by atoms with Gasteiger partial charge in [-0.25, -0.2) is 0 Å². The number of hydrogen-bond donors (Lipinski definition) is 1. The molecule has 1 aliphatic rings. The van der Waals surface area contributed by atoms with E-state index >= 15 is 0 Å². The topological polar surface area (TPSA) is 43.8 Å². The van der Waals surface area contributed by atoms with Crippen LogP contribution in [0.25, 0.3) is 0 Å². The first-order chi connectivity index (χ1) is 8.17. The molecular weight excluding hydrogens is 216 g/mol. The molecule has 1 rings (SSSR count). The molecule has 1 unspecified atom stereocenters. The first kappa shape index (κ1) is 14.5. The molecule has 0 aliphatic carbocycles. The lowest BCUT2D eigenvalue weighted by molar-refractivity contribution is -0.137. The van der Waals surface area contributed by atoms with Gasteiger partial charge < -0.3 is 10.0 Å². The van der Waals surface area contributed by atoms with Crippen LogP contribution in [0.5, 0.6) is 0 Å². The van der Waals surface area contributed by atoms with E-state index in [-0.39, 0.29) is 6.42 Å². The predicted molar refractivity (Wildman–Crippen MR) is 69.3 cm³/mol. The van der Waals surface area contributed by atoms with Crippen molar-refractivity contribution in [3.63, 3.8) is 0 Å². The Kier molecular flexibility index (Phi) is 6.52. The molecule has 0 aromatic rings. The maximum atomic E-state index is 10.5. The molecule has 1 saturated heterocycles. The van der Waals surface area contributed by atoms with Gasteiger partial charge in [-0.3, -0.25) is 9.69 Å². The SMILES string of the molecule is CCCC(CC)N1CCN(CCC(=O)O)CC1. The Morgan fingerprint density at radius 3 is 2.35 bits per heavy atom. The summed E-state index contributed by atoms with van der Waals surface area (Å²) < 4.78 is 0. The van der Waals surface area contributed by atoms with Crippen molar-refractivity contribution < 1.29 is 9.90 Å². The van der Waals surface area contributed by atoms with Crippen molar-refractivity contribution >= 4 is 5.97 Å². The lowest BCUT2D eigenvalue weighted by Crippen LogP contribution is -2.50. The molecule has 0 spiro atoms. The minimum Gasteiger partial charge on any atom is -0.481 e. The average molecular weight is 242 g/mol. The zero-order valence-corrected chi connectivity index (χ0v) is 11.2. The maximum absolute atomic E-state index is 10.5. The number of carboxylic acids is 1. The van der Waals surface area contributed by atoms with E-state index in [2.05, 4.69) is 23.6 Å². The second kappa shape index (κ2) is 7.67. The van der Waals surface area contributed by atoms with E-state index in [4.69, 9.17) is 5.11 Å². The number of aliphatic carboxylic acids is 1. The van der Waals surface area contributed by atoms with Gasteiger partial charge in [0.2, 0.25) is 0 Å². The molecule has 100 valence electrons. The lowest BCUT2D eigenvalue weighted by atomic mass is 10.1. The van der Waals surface area contributed by atoms with Crippen molar-refractivity contribution in [1.82, 2.24) is 9.80 Å². The zero-order valence-electron chi connectivity index (χ0n) is 11.2. The van der Waals surface area contributed by atoms with E-state index in [0.717, 1.165) is 32.2 Å². The Balaban J connectivity index is 2.26. The van der Waals surface area contributed by atoms with Crippen molar-refractivity contribution in [1.29, 1.82) is 0 Å². The summed E-state index contributed by atoms with van der Waals surface area (Å²) in [5, 5.41) is 8.66. The molecule has 1 heterocycles. The zero-order chi connectivity index (χ0) is 12.7. The van der Waals surface area contributed by atoms with Crippen LogP contribution in [0.2, 0.25) is 0 Å². The quantitative estimate of drug-likeness (QED) is 0.737. The van der Waals surface area contributed by atoms with Gasteiger partial charge >= 0.3 is 5.97 Å². The number of rotatable bonds is 7. The molecule has 17 heavy (non-hydrogen) atoms. The van der Waals surface area contributed by atoms with Crippen LogP contribution < -0.4 is 0 Å². The van der Waals surface area contributed by atoms with Crippen LogP contribution in [-0.4, -0.2) is 59.6 Å². The van der Waals surface area contributed by atoms with Crippen LogP contribution in [0.15, 0.2) is 0 Å². The summed E-state index contributed by atoms with van der Waals surface area (Å²) in [6.07, 6.45) is 4.03. The predicted octanol–water partition coefficient (Wildman–Crippen LogP) is 1.66. The molecule has 4 heteroatoms. The molecule has 0 aromatic carbocycles. The van der Waals surface area contributed by atoms with Gasteiger partial charge in [-0.1, -0.05) is 20.3 Å². The smallest absolute Gasteiger partial charge is 0.304 e. The fourth-order valence-corrected chi connectivity index (χ4v) is 2.58. The van der Waals surface area contributed by atoms with Crippen LogP contribution in [0.3, 0.4) is 0 Å². The summed E-state index contributed by atoms with van der Waals surface area (Å²) in [4.78, 5) is 15.3. The largest absolute Gasteiger partial charge is 0.481 e. The van der Waals surface area contributed by atoms with Crippen molar-refractivity contribution in [2.75, 3.05) is 32.7 Å². The summed E-state index contributed by atoms with van der Waals surface area (Å²) in [7, 11) is 0. The van der Waals surface area contributed by atoms with E-state index in [9.17, 15) is 4.79 Å². The normalized spacial score (nSPS) is 20.4. The Hall–Kier alpha value is -0.610. The molecule has 1 N–H and O–H groups in total. The molecule has 0 amide bonds. The molecule has 4 nitrogen and oxygen atoms in total. The third-order valence-electron chi connectivity index (χ3n) is 3.66. The van der Waals surface area contributed by atoms with Gasteiger partial charge in [0.25, 0.3) is 0 Å². The highest BCUT2D eigenvalue weighted by Crippen LogP contribution is 2.14. The highest BCUT2D eigenvalue weighted by molar-refractivity contribution is 5.66. The van der Waals surface area contributed by atoms with Crippen LogP contribution in [-0.2, 0) is 4.79 Å². The molecule has 1 aliphatic heterocycles. The second-order valence-corrected chi connectivity index (χ2v) is 4.87. The van der Waals surface area contributed by atoms with E-state index in [1.54, 1.807) is 0 Å². The van der Waals surface area contributed by atoms with Gasteiger partial charge in [-0.15, -0.1) is 0 Å². The number of nitrogens with zero attached hydrogens (tertiary/aromatic N) is 2. The molecule has 0 radical (unpaired) electrons. The summed E-state index contributed by atoms with van der Waals surface area (Å²) in [5.41, 5.74) is 0. The van der Waals surface area contributed by atoms with Gasteiger partial charge in [0.15, 0.2) is 0 Å². The third-order valence-corrected chi connectivity index (χ3v) is 3.66. The minimum atomic E-state index is -0.690. The van der Waals surface area contributed by atoms with Crippen LogP contribution in [0.1, 0.15) is 39.5 Å². The Bertz CT molecular complexity index is 225. The third kappa shape index (κ3) is 5.04. The second-order valence-electron chi connectivity index (χ2n) is 4.87. The monoisotopic (exact) mass is 242 g/mol. The highest BCUT2D eigenvalue weighted by atomic mass is 16.4. The van der Waals surface area contributed by atoms with Crippen molar-refractivity contribution in [3.8, 4) is 0 Å². The van der Waals surface area contributed by atoms with Gasteiger partial charge in [0.1, 0.15) is 0 Å². The average Bonchev–Trinajstić information content (AvgIpc) is 2.34. The first-order valence-corrected chi connectivity index (χ1v) is 6.85. The minimum absolute atomic E-state index is 0.270. The van der Waals surface area contributed by atoms with Crippen molar-refractivity contribution in [2.24, 2.45) is 0 Å².